The molecule has 0 aliphatic carbocycles. The van der Waals surface area contributed by atoms with E-state index in [4.69, 9.17) is 5.73 Å². The summed E-state index contributed by atoms with van der Waals surface area (Å²) in [7, 11) is 0. The van der Waals surface area contributed by atoms with Crippen molar-refractivity contribution in [2.75, 3.05) is 11.1 Å². The normalized spacial score (nSPS) is 10.4. The van der Waals surface area contributed by atoms with Gasteiger partial charge in [0.25, 0.3) is 5.91 Å². The second-order valence-corrected chi connectivity index (χ2v) is 5.32. The smallest absolute Gasteiger partial charge is 0.256 e. The number of anilines is 2. The number of nitrogen functional groups attached to an aromatic ring is 1. The van der Waals surface area contributed by atoms with Gasteiger partial charge >= 0.3 is 0 Å². The molecular formula is C15H14BrFN2O. The summed E-state index contributed by atoms with van der Waals surface area (Å²) in [6, 6.07) is 7.96. The predicted molar refractivity (Wildman–Crippen MR) is 82.4 cm³/mol. The minimum atomic E-state index is -0.473. The number of hydrogen-bond acceptors (Lipinski definition) is 2. The zero-order valence-corrected chi connectivity index (χ0v) is 12.7. The van der Waals surface area contributed by atoms with E-state index < -0.39 is 5.82 Å². The Morgan fingerprint density at radius 3 is 2.65 bits per heavy atom. The van der Waals surface area contributed by atoms with Crippen LogP contribution < -0.4 is 11.1 Å². The van der Waals surface area contributed by atoms with Crippen molar-refractivity contribution in [2.24, 2.45) is 0 Å². The SMILES string of the molecule is Cc1ccc(N)c(C)c1NC(=O)c1cccc(F)c1Br. The Hall–Kier alpha value is -1.88. The van der Waals surface area contributed by atoms with Gasteiger partial charge in [0.2, 0.25) is 0 Å². The highest BCUT2D eigenvalue weighted by Crippen LogP contribution is 2.27. The molecule has 20 heavy (non-hydrogen) atoms. The fourth-order valence-electron chi connectivity index (χ4n) is 1.92. The van der Waals surface area contributed by atoms with Crippen LogP contribution in [0.2, 0.25) is 0 Å². The van der Waals surface area contributed by atoms with E-state index in [0.717, 1.165) is 11.1 Å². The van der Waals surface area contributed by atoms with Gasteiger partial charge in [0.15, 0.2) is 0 Å². The molecule has 0 atom stereocenters. The van der Waals surface area contributed by atoms with Crippen LogP contribution in [0.15, 0.2) is 34.8 Å². The second kappa shape index (κ2) is 5.63. The first kappa shape index (κ1) is 14.5. The number of benzene rings is 2. The van der Waals surface area contributed by atoms with Gasteiger partial charge in [-0.2, -0.15) is 0 Å². The first-order valence-electron chi connectivity index (χ1n) is 6.03. The fraction of sp³-hybridized carbons (Fsp3) is 0.133. The summed E-state index contributed by atoms with van der Waals surface area (Å²) < 4.78 is 13.6. The van der Waals surface area contributed by atoms with Gasteiger partial charge in [0.05, 0.1) is 10.0 Å². The number of rotatable bonds is 2. The summed E-state index contributed by atoms with van der Waals surface area (Å²) in [5.41, 5.74) is 9.04. The van der Waals surface area contributed by atoms with Crippen molar-refractivity contribution in [3.63, 3.8) is 0 Å². The van der Waals surface area contributed by atoms with Crippen molar-refractivity contribution >= 4 is 33.2 Å². The molecule has 5 heteroatoms. The number of aryl methyl sites for hydroxylation is 1. The van der Waals surface area contributed by atoms with Crippen molar-refractivity contribution in [1.82, 2.24) is 0 Å². The molecule has 0 unspecified atom stereocenters. The van der Waals surface area contributed by atoms with E-state index in [1.54, 1.807) is 12.1 Å². The molecule has 0 heterocycles. The molecule has 2 aromatic carbocycles. The molecule has 0 saturated carbocycles. The minimum absolute atomic E-state index is 0.150. The lowest BCUT2D eigenvalue weighted by Gasteiger charge is -2.14. The molecule has 3 N–H and O–H groups in total. The first-order valence-corrected chi connectivity index (χ1v) is 6.82. The Kier molecular flexibility index (Phi) is 4.09. The average molecular weight is 337 g/mol. The summed E-state index contributed by atoms with van der Waals surface area (Å²) in [4.78, 5) is 12.3. The van der Waals surface area contributed by atoms with Crippen LogP contribution in [0.3, 0.4) is 0 Å². The molecule has 104 valence electrons. The van der Waals surface area contributed by atoms with E-state index in [1.807, 2.05) is 19.9 Å². The lowest BCUT2D eigenvalue weighted by atomic mass is 10.1. The number of carbonyl (C=O) groups is 1. The number of halogens is 2. The zero-order valence-electron chi connectivity index (χ0n) is 11.1. The molecule has 0 bridgehead atoms. The molecule has 0 aliphatic rings. The molecule has 0 saturated heterocycles. The largest absolute Gasteiger partial charge is 0.398 e. The lowest BCUT2D eigenvalue weighted by molar-refractivity contribution is 0.102. The van der Waals surface area contributed by atoms with Crippen LogP contribution >= 0.6 is 15.9 Å². The van der Waals surface area contributed by atoms with Crippen LogP contribution in [0.25, 0.3) is 0 Å². The second-order valence-electron chi connectivity index (χ2n) is 4.53. The summed E-state index contributed by atoms with van der Waals surface area (Å²) in [5, 5.41) is 2.79. The third-order valence-corrected chi connectivity index (χ3v) is 3.96. The van der Waals surface area contributed by atoms with E-state index in [1.165, 1.54) is 12.1 Å². The highest BCUT2D eigenvalue weighted by atomic mass is 79.9. The van der Waals surface area contributed by atoms with Gasteiger partial charge in [-0.25, -0.2) is 4.39 Å². The van der Waals surface area contributed by atoms with Crippen molar-refractivity contribution < 1.29 is 9.18 Å². The third kappa shape index (κ3) is 2.67. The zero-order chi connectivity index (χ0) is 14.9. The van der Waals surface area contributed by atoms with Gasteiger partial charge < -0.3 is 11.1 Å². The molecule has 3 nitrogen and oxygen atoms in total. The standard InChI is InChI=1S/C15H14BrFN2O/c1-8-6-7-12(18)9(2)14(8)19-15(20)10-4-3-5-11(17)13(10)16/h3-7H,18H2,1-2H3,(H,19,20). The van der Waals surface area contributed by atoms with Crippen molar-refractivity contribution in [3.8, 4) is 0 Å². The maximum Gasteiger partial charge on any atom is 0.256 e. The van der Waals surface area contributed by atoms with Crippen LogP contribution in [-0.2, 0) is 0 Å². The Balaban J connectivity index is 2.38. The van der Waals surface area contributed by atoms with Crippen molar-refractivity contribution in [3.05, 3.63) is 57.3 Å². The van der Waals surface area contributed by atoms with Crippen LogP contribution in [0.5, 0.6) is 0 Å². The van der Waals surface area contributed by atoms with Crippen molar-refractivity contribution in [1.29, 1.82) is 0 Å². The Labute approximate surface area is 125 Å². The average Bonchev–Trinajstić information content (AvgIpc) is 2.42. The lowest BCUT2D eigenvalue weighted by Crippen LogP contribution is -2.15. The van der Waals surface area contributed by atoms with Crippen LogP contribution in [-0.4, -0.2) is 5.91 Å². The molecule has 0 aromatic heterocycles. The topological polar surface area (TPSA) is 55.1 Å². The van der Waals surface area contributed by atoms with Gasteiger partial charge in [-0.1, -0.05) is 12.1 Å². The van der Waals surface area contributed by atoms with E-state index in [0.29, 0.717) is 11.4 Å². The van der Waals surface area contributed by atoms with Gasteiger partial charge in [-0.05, 0) is 59.1 Å². The van der Waals surface area contributed by atoms with Crippen LogP contribution in [0.4, 0.5) is 15.8 Å². The Morgan fingerprint density at radius 2 is 1.95 bits per heavy atom. The number of nitrogens with two attached hydrogens (primary N) is 1. The summed E-state index contributed by atoms with van der Waals surface area (Å²) in [6.45, 7) is 3.71. The number of carbonyl (C=O) groups excluding carboxylic acids is 1. The van der Waals surface area contributed by atoms with Crippen LogP contribution in [0.1, 0.15) is 21.5 Å². The van der Waals surface area contributed by atoms with E-state index in [9.17, 15) is 9.18 Å². The van der Waals surface area contributed by atoms with Gasteiger partial charge in [-0.15, -0.1) is 0 Å². The number of nitrogens with one attached hydrogen (secondary N) is 1. The van der Waals surface area contributed by atoms with Gasteiger partial charge in [0, 0.05) is 11.4 Å². The van der Waals surface area contributed by atoms with Crippen LogP contribution in [0, 0.1) is 19.7 Å². The molecule has 1 amide bonds. The molecule has 0 spiro atoms. The fourth-order valence-corrected chi connectivity index (χ4v) is 2.36. The maximum absolute atomic E-state index is 13.5. The highest BCUT2D eigenvalue weighted by Gasteiger charge is 2.15. The van der Waals surface area contributed by atoms with Gasteiger partial charge in [0.1, 0.15) is 5.82 Å². The van der Waals surface area contributed by atoms with E-state index in [2.05, 4.69) is 21.2 Å². The van der Waals surface area contributed by atoms with Crippen molar-refractivity contribution in [2.45, 2.75) is 13.8 Å². The molecule has 0 fully saturated rings. The summed E-state index contributed by atoms with van der Waals surface area (Å²) in [6.07, 6.45) is 0. The first-order chi connectivity index (χ1) is 9.41. The molecule has 0 aliphatic heterocycles. The minimum Gasteiger partial charge on any atom is -0.398 e. The Bertz CT molecular complexity index is 686. The maximum atomic E-state index is 13.5. The molecule has 0 radical (unpaired) electrons. The quantitative estimate of drug-likeness (QED) is 0.813. The van der Waals surface area contributed by atoms with E-state index in [-0.39, 0.29) is 15.9 Å². The molecule has 2 aromatic rings. The van der Waals surface area contributed by atoms with Gasteiger partial charge in [-0.3, -0.25) is 4.79 Å². The third-order valence-electron chi connectivity index (χ3n) is 3.15. The highest BCUT2D eigenvalue weighted by molar-refractivity contribution is 9.10. The molecular weight excluding hydrogens is 323 g/mol. The van der Waals surface area contributed by atoms with E-state index >= 15 is 0 Å². The predicted octanol–water partition coefficient (Wildman–Crippen LogP) is 4.04. The monoisotopic (exact) mass is 336 g/mol. The Morgan fingerprint density at radius 1 is 1.25 bits per heavy atom. The number of hydrogen-bond donors (Lipinski definition) is 2. The summed E-state index contributed by atoms with van der Waals surface area (Å²) >= 11 is 3.09. The number of amides is 1. The summed E-state index contributed by atoms with van der Waals surface area (Å²) in [5.74, 6) is -0.855. The molecule has 2 rings (SSSR count).